The smallest absolute Gasteiger partial charge is 0.311 e. The van der Waals surface area contributed by atoms with E-state index in [-0.39, 0.29) is 34.3 Å². The molecule has 0 spiro atoms. The minimum atomic E-state index is -0.385. The zero-order valence-electron chi connectivity index (χ0n) is 38.2. The van der Waals surface area contributed by atoms with Gasteiger partial charge in [-0.1, -0.05) is 192 Å². The molecule has 6 heteroatoms. The van der Waals surface area contributed by atoms with Crippen molar-refractivity contribution in [2.24, 2.45) is 0 Å². The van der Waals surface area contributed by atoms with Gasteiger partial charge in [0.15, 0.2) is 11.5 Å². The molecule has 0 unspecified atom stereocenters. The van der Waals surface area contributed by atoms with E-state index in [4.69, 9.17) is 9.47 Å². The fourth-order valence-electron chi connectivity index (χ4n) is 7.28. The molecule has 3 aromatic carbocycles. The summed E-state index contributed by atoms with van der Waals surface area (Å²) in [6.45, 7) is 4.51. The minimum absolute atomic E-state index is 0.0108. The van der Waals surface area contributed by atoms with Crippen LogP contribution in [0, 0.1) is 23.7 Å². The first-order chi connectivity index (χ1) is 30.4. The average Bonchev–Trinajstić information content (AvgIpc) is 3.56. The number of carbonyl (C=O) groups excluding carboxylic acids is 2. The second kappa shape index (κ2) is 33.7. The molecule has 0 N–H and O–H groups in total. The van der Waals surface area contributed by atoms with Crippen molar-refractivity contribution in [2.45, 2.75) is 194 Å². The van der Waals surface area contributed by atoms with Gasteiger partial charge in [0, 0.05) is 35.1 Å². The second-order valence-electron chi connectivity index (χ2n) is 16.7. The van der Waals surface area contributed by atoms with E-state index in [0.717, 1.165) is 49.7 Å². The van der Waals surface area contributed by atoms with Crippen molar-refractivity contribution in [3.8, 4) is 35.2 Å². The van der Waals surface area contributed by atoms with Crippen molar-refractivity contribution in [1.82, 2.24) is 0 Å². The van der Waals surface area contributed by atoms with E-state index < -0.39 is 0 Å². The van der Waals surface area contributed by atoms with Gasteiger partial charge in [0.1, 0.15) is 0 Å². The summed E-state index contributed by atoms with van der Waals surface area (Å²) < 4.78 is 10.8. The lowest BCUT2D eigenvalue weighted by atomic mass is 10.0. The standard InChI is InChI=1S/C56H74O6/c1-3-5-7-9-11-13-15-17-19-21-23-25-27-29-55(59)61-53-45-41-49(39-43-51(53)57)37-35-47-31-33-48(34-32-47)36-38-50-40-44-52(58)54(46-42-50)62-56(60)30-28-26-24-22-20-18-16-14-12-10-8-6-4-2/h31-34,39-46H,3-30H2,1-2H3. The molecule has 0 saturated heterocycles. The molecule has 0 amide bonds. The Morgan fingerprint density at radius 2 is 0.565 bits per heavy atom. The van der Waals surface area contributed by atoms with Crippen LogP contribution in [0.4, 0.5) is 0 Å². The number of rotatable bonds is 30. The third-order valence-electron chi connectivity index (χ3n) is 11.1. The van der Waals surface area contributed by atoms with Gasteiger partial charge in [0.05, 0.1) is 0 Å². The van der Waals surface area contributed by atoms with E-state index in [2.05, 4.69) is 37.5 Å². The van der Waals surface area contributed by atoms with Crippen molar-refractivity contribution in [2.75, 3.05) is 0 Å². The van der Waals surface area contributed by atoms with Gasteiger partial charge < -0.3 is 9.47 Å². The summed E-state index contributed by atoms with van der Waals surface area (Å²) in [5.74, 6) is 11.6. The molecule has 0 aromatic heterocycles. The zero-order chi connectivity index (χ0) is 44.3. The Morgan fingerprint density at radius 3 is 0.839 bits per heavy atom. The summed E-state index contributed by atoms with van der Waals surface area (Å²) in [5.41, 5.74) is 2.03. The van der Waals surface area contributed by atoms with Crippen molar-refractivity contribution < 1.29 is 19.1 Å². The van der Waals surface area contributed by atoms with Gasteiger partial charge >= 0.3 is 11.9 Å². The van der Waals surface area contributed by atoms with Gasteiger partial charge in [0.2, 0.25) is 10.9 Å². The van der Waals surface area contributed by atoms with E-state index in [1.54, 1.807) is 24.3 Å². The van der Waals surface area contributed by atoms with Crippen LogP contribution in [0.25, 0.3) is 0 Å². The molecular weight excluding hydrogens is 769 g/mol. The molecule has 0 fully saturated rings. The summed E-state index contributed by atoms with van der Waals surface area (Å²) in [7, 11) is 0. The van der Waals surface area contributed by atoms with Crippen molar-refractivity contribution in [3.05, 3.63) is 115 Å². The van der Waals surface area contributed by atoms with E-state index >= 15 is 0 Å². The van der Waals surface area contributed by atoms with Crippen LogP contribution in [0.2, 0.25) is 0 Å². The quantitative estimate of drug-likeness (QED) is 0.0377. The maximum Gasteiger partial charge on any atom is 0.311 e. The largest absolute Gasteiger partial charge is 0.422 e. The highest BCUT2D eigenvalue weighted by molar-refractivity contribution is 5.72. The lowest BCUT2D eigenvalue weighted by molar-refractivity contribution is -0.135. The van der Waals surface area contributed by atoms with E-state index in [1.807, 2.05) is 24.3 Å². The number of hydrogen-bond acceptors (Lipinski definition) is 6. The Hall–Kier alpha value is -4.94. The highest BCUT2D eigenvalue weighted by Crippen LogP contribution is 2.16. The van der Waals surface area contributed by atoms with Crippen molar-refractivity contribution in [3.63, 3.8) is 0 Å². The van der Waals surface area contributed by atoms with Crippen LogP contribution >= 0.6 is 0 Å². The van der Waals surface area contributed by atoms with Crippen LogP contribution < -0.4 is 20.3 Å². The zero-order valence-corrected chi connectivity index (χ0v) is 38.2. The van der Waals surface area contributed by atoms with Gasteiger partial charge in [-0.05, 0) is 85.6 Å². The molecular formula is C56H74O6. The number of carbonyl (C=O) groups is 2. The van der Waals surface area contributed by atoms with Gasteiger partial charge in [-0.25, -0.2) is 0 Å². The second-order valence-corrected chi connectivity index (χ2v) is 16.7. The first-order valence-electron chi connectivity index (χ1n) is 24.2. The molecule has 0 radical (unpaired) electrons. The van der Waals surface area contributed by atoms with Crippen LogP contribution in [0.15, 0.2) is 82.4 Å². The number of esters is 2. The first kappa shape index (κ1) is 51.4. The van der Waals surface area contributed by atoms with Crippen LogP contribution in [0.3, 0.4) is 0 Å². The number of hydrogen-bond donors (Lipinski definition) is 0. The Kier molecular flexibility index (Phi) is 27.9. The fraction of sp³-hybridized carbons (Fsp3) is 0.536. The van der Waals surface area contributed by atoms with Crippen molar-refractivity contribution in [1.29, 1.82) is 0 Å². The summed E-state index contributed by atoms with van der Waals surface area (Å²) in [4.78, 5) is 50.1. The van der Waals surface area contributed by atoms with Gasteiger partial charge in [0.25, 0.3) is 0 Å². The first-order valence-corrected chi connectivity index (χ1v) is 24.2. The van der Waals surface area contributed by atoms with Gasteiger partial charge in [-0.2, -0.15) is 0 Å². The minimum Gasteiger partial charge on any atom is -0.422 e. The molecule has 0 bridgehead atoms. The summed E-state index contributed by atoms with van der Waals surface area (Å²) in [6.07, 6.45) is 32.7. The average molecular weight is 843 g/mol. The lowest BCUT2D eigenvalue weighted by Crippen LogP contribution is -2.12. The van der Waals surface area contributed by atoms with Crippen molar-refractivity contribution >= 4 is 11.9 Å². The monoisotopic (exact) mass is 843 g/mol. The molecule has 0 aliphatic carbocycles. The van der Waals surface area contributed by atoms with Gasteiger partial charge in [-0.3, -0.25) is 19.2 Å². The predicted molar refractivity (Wildman–Crippen MR) is 256 cm³/mol. The Labute approximate surface area is 374 Å². The molecule has 0 atom stereocenters. The van der Waals surface area contributed by atoms with E-state index in [1.165, 1.54) is 153 Å². The number of unbranched alkanes of at least 4 members (excludes halogenated alkanes) is 24. The fourth-order valence-corrected chi connectivity index (χ4v) is 7.28. The van der Waals surface area contributed by atoms with Crippen LogP contribution in [0.5, 0.6) is 11.5 Å². The molecule has 3 aromatic rings. The number of benzene rings is 1. The predicted octanol–water partition coefficient (Wildman–Crippen LogP) is 14.0. The molecule has 334 valence electrons. The van der Waals surface area contributed by atoms with Gasteiger partial charge in [-0.15, -0.1) is 0 Å². The molecule has 6 nitrogen and oxygen atoms in total. The highest BCUT2D eigenvalue weighted by Gasteiger charge is 2.09. The van der Waals surface area contributed by atoms with Crippen LogP contribution in [-0.2, 0) is 9.59 Å². The Morgan fingerprint density at radius 1 is 0.339 bits per heavy atom. The SMILES string of the molecule is CCCCCCCCCCCCCCCC(=O)Oc1ccc(C#Cc2ccc(C#Cc3ccc(OC(=O)CCCCCCCCCCCCCCC)c(=O)cc3)cc2)ccc1=O. The van der Waals surface area contributed by atoms with Crippen LogP contribution in [-0.4, -0.2) is 11.9 Å². The third kappa shape index (κ3) is 24.5. The Bertz CT molecular complexity index is 1830. The molecule has 62 heavy (non-hydrogen) atoms. The van der Waals surface area contributed by atoms with E-state index in [0.29, 0.717) is 24.0 Å². The molecule has 0 heterocycles. The van der Waals surface area contributed by atoms with Crippen LogP contribution in [0.1, 0.15) is 216 Å². The summed E-state index contributed by atoms with van der Waals surface area (Å²) >= 11 is 0. The lowest BCUT2D eigenvalue weighted by Gasteiger charge is -2.04. The molecule has 0 aliphatic rings. The summed E-state index contributed by atoms with van der Waals surface area (Å²) in [6, 6.07) is 19.8. The third-order valence-corrected chi connectivity index (χ3v) is 11.1. The Balaban J connectivity index is 1.36. The topological polar surface area (TPSA) is 86.7 Å². The van der Waals surface area contributed by atoms with E-state index in [9.17, 15) is 19.2 Å². The normalized spacial score (nSPS) is 10.6. The maximum absolute atomic E-state index is 12.6. The molecule has 0 aliphatic heterocycles. The highest BCUT2D eigenvalue weighted by atomic mass is 16.5. The maximum atomic E-state index is 12.6. The number of ether oxygens (including phenoxy) is 2. The molecule has 3 rings (SSSR count). The summed E-state index contributed by atoms with van der Waals surface area (Å²) in [5, 5.41) is 0. The molecule has 0 saturated carbocycles.